The Labute approximate surface area is 113 Å². The van der Waals surface area contributed by atoms with Gasteiger partial charge >= 0.3 is 0 Å². The minimum absolute atomic E-state index is 0.771. The van der Waals surface area contributed by atoms with E-state index < -0.39 is 0 Å². The first-order valence-electron chi connectivity index (χ1n) is 4.81. The molecule has 0 aliphatic carbocycles. The van der Waals surface area contributed by atoms with Gasteiger partial charge < -0.3 is 0 Å². The summed E-state index contributed by atoms with van der Waals surface area (Å²) in [7, 11) is 0. The molecule has 0 bridgehead atoms. The van der Waals surface area contributed by atoms with Crippen molar-refractivity contribution in [2.45, 2.75) is 4.90 Å². The lowest BCUT2D eigenvalue weighted by molar-refractivity contribution is 1.45. The zero-order valence-electron chi connectivity index (χ0n) is 8.71. The van der Waals surface area contributed by atoms with Crippen LogP contribution in [-0.4, -0.2) is 6.26 Å². The minimum Gasteiger partial charge on any atom is -0.130 e. The van der Waals surface area contributed by atoms with E-state index >= 15 is 0 Å². The molecule has 0 unspecified atom stereocenters. The van der Waals surface area contributed by atoms with Crippen molar-refractivity contribution in [3.8, 4) is 11.1 Å². The van der Waals surface area contributed by atoms with Gasteiger partial charge in [-0.05, 0) is 36.1 Å². The summed E-state index contributed by atoms with van der Waals surface area (Å²) in [6.07, 6.45) is 2.07. The van der Waals surface area contributed by atoms with Gasteiger partial charge in [-0.3, -0.25) is 0 Å². The second-order valence-corrected chi connectivity index (χ2v) is 5.47. The van der Waals surface area contributed by atoms with Crippen LogP contribution in [0.5, 0.6) is 0 Å². The third-order valence-corrected chi connectivity index (χ3v) is 4.02. The number of hydrogen-bond donors (Lipinski definition) is 0. The topological polar surface area (TPSA) is 0 Å². The van der Waals surface area contributed by atoms with Crippen LogP contribution in [0.25, 0.3) is 11.1 Å². The Balaban J connectivity index is 2.58. The highest BCUT2D eigenvalue weighted by Gasteiger charge is 2.07. The van der Waals surface area contributed by atoms with Crippen molar-refractivity contribution in [2.24, 2.45) is 0 Å². The largest absolute Gasteiger partial charge is 0.130 e. The first kappa shape index (κ1) is 12.0. The molecule has 0 saturated carbocycles. The first-order chi connectivity index (χ1) is 7.72. The number of rotatable bonds is 2. The summed E-state index contributed by atoms with van der Waals surface area (Å²) < 4.78 is 1.03. The molecule has 0 amide bonds. The summed E-state index contributed by atoms with van der Waals surface area (Å²) >= 11 is 11.5. The predicted molar refractivity (Wildman–Crippen MR) is 76.4 cm³/mol. The van der Waals surface area contributed by atoms with Gasteiger partial charge in [0.1, 0.15) is 0 Å². The summed E-state index contributed by atoms with van der Waals surface area (Å²) in [4.78, 5) is 1.24. The molecular weight excluding hydrogens is 304 g/mol. The van der Waals surface area contributed by atoms with Crippen LogP contribution in [0.4, 0.5) is 0 Å². The monoisotopic (exact) mass is 312 g/mol. The molecule has 0 spiro atoms. The van der Waals surface area contributed by atoms with E-state index in [2.05, 4.69) is 46.5 Å². The molecule has 0 radical (unpaired) electrons. The molecule has 0 heterocycles. The molecule has 82 valence electrons. The minimum atomic E-state index is 0.771. The van der Waals surface area contributed by atoms with Gasteiger partial charge in [0.05, 0.1) is 0 Å². The van der Waals surface area contributed by atoms with Gasteiger partial charge in [0, 0.05) is 20.0 Å². The zero-order chi connectivity index (χ0) is 11.5. The lowest BCUT2D eigenvalue weighted by Crippen LogP contribution is -1.82. The van der Waals surface area contributed by atoms with Gasteiger partial charge in [0.25, 0.3) is 0 Å². The molecular formula is C13H10BrClS. The normalized spacial score (nSPS) is 10.4. The zero-order valence-corrected chi connectivity index (χ0v) is 11.9. The smallest absolute Gasteiger partial charge is 0.0495 e. The molecule has 2 aromatic rings. The Morgan fingerprint density at radius 1 is 1.12 bits per heavy atom. The Hall–Kier alpha value is -0.440. The van der Waals surface area contributed by atoms with Crippen LogP contribution in [0.15, 0.2) is 51.8 Å². The van der Waals surface area contributed by atoms with E-state index in [1.165, 1.54) is 4.90 Å². The van der Waals surface area contributed by atoms with E-state index in [1.807, 2.05) is 18.2 Å². The summed E-state index contributed by atoms with van der Waals surface area (Å²) in [5.41, 5.74) is 2.20. The predicted octanol–water partition coefficient (Wildman–Crippen LogP) is 5.49. The third kappa shape index (κ3) is 2.45. The van der Waals surface area contributed by atoms with Gasteiger partial charge in [-0.2, -0.15) is 0 Å². The number of halogens is 2. The van der Waals surface area contributed by atoms with Gasteiger partial charge in [-0.1, -0.05) is 45.7 Å². The molecule has 0 atom stereocenters. The summed E-state index contributed by atoms with van der Waals surface area (Å²) in [5, 5.41) is 0.771. The quantitative estimate of drug-likeness (QED) is 0.660. The van der Waals surface area contributed by atoms with E-state index in [0.29, 0.717) is 0 Å². The van der Waals surface area contributed by atoms with Crippen molar-refractivity contribution in [1.29, 1.82) is 0 Å². The molecule has 0 aliphatic heterocycles. The maximum atomic E-state index is 6.22. The Kier molecular flexibility index (Phi) is 3.95. The highest BCUT2D eigenvalue weighted by molar-refractivity contribution is 9.10. The summed E-state index contributed by atoms with van der Waals surface area (Å²) in [5.74, 6) is 0. The number of benzene rings is 2. The molecule has 2 aromatic carbocycles. The maximum Gasteiger partial charge on any atom is 0.0495 e. The van der Waals surface area contributed by atoms with Crippen molar-refractivity contribution < 1.29 is 0 Å². The van der Waals surface area contributed by atoms with Crippen LogP contribution in [0.3, 0.4) is 0 Å². The van der Waals surface area contributed by atoms with Crippen molar-refractivity contribution in [3.05, 3.63) is 52.0 Å². The first-order valence-corrected chi connectivity index (χ1v) is 7.20. The van der Waals surface area contributed by atoms with E-state index in [1.54, 1.807) is 11.8 Å². The van der Waals surface area contributed by atoms with Crippen LogP contribution in [-0.2, 0) is 0 Å². The molecule has 0 nitrogen and oxygen atoms in total. The molecule has 0 N–H and O–H groups in total. The number of thioether (sulfide) groups is 1. The molecule has 0 aliphatic rings. The van der Waals surface area contributed by atoms with Crippen LogP contribution < -0.4 is 0 Å². The molecule has 0 fully saturated rings. The summed E-state index contributed by atoms with van der Waals surface area (Å²) in [6, 6.07) is 14.2. The van der Waals surface area contributed by atoms with Crippen molar-refractivity contribution >= 4 is 39.3 Å². The second-order valence-electron chi connectivity index (χ2n) is 3.33. The Bertz CT molecular complexity index is 491. The van der Waals surface area contributed by atoms with E-state index in [-0.39, 0.29) is 0 Å². The second kappa shape index (κ2) is 5.26. The molecule has 2 rings (SSSR count). The van der Waals surface area contributed by atoms with Crippen molar-refractivity contribution in [1.82, 2.24) is 0 Å². The number of hydrogen-bond acceptors (Lipinski definition) is 1. The SMILES string of the molecule is CSc1cccc(-c2c(Cl)cccc2Br)c1. The highest BCUT2D eigenvalue weighted by Crippen LogP contribution is 2.35. The lowest BCUT2D eigenvalue weighted by atomic mass is 10.1. The standard InChI is InChI=1S/C13H10BrClS/c1-16-10-5-2-4-9(8-10)13-11(14)6-3-7-12(13)15/h2-8H,1H3. The van der Waals surface area contributed by atoms with Crippen LogP contribution in [0.1, 0.15) is 0 Å². The van der Waals surface area contributed by atoms with Gasteiger partial charge in [0.2, 0.25) is 0 Å². The average molecular weight is 314 g/mol. The van der Waals surface area contributed by atoms with Gasteiger partial charge in [-0.25, -0.2) is 0 Å². The maximum absolute atomic E-state index is 6.22. The van der Waals surface area contributed by atoms with E-state index in [0.717, 1.165) is 20.6 Å². The summed E-state index contributed by atoms with van der Waals surface area (Å²) in [6.45, 7) is 0. The van der Waals surface area contributed by atoms with Crippen LogP contribution >= 0.6 is 39.3 Å². The molecule has 3 heteroatoms. The third-order valence-electron chi connectivity index (χ3n) is 2.32. The van der Waals surface area contributed by atoms with Crippen molar-refractivity contribution in [2.75, 3.05) is 6.26 Å². The van der Waals surface area contributed by atoms with Crippen molar-refractivity contribution in [3.63, 3.8) is 0 Å². The van der Waals surface area contributed by atoms with Gasteiger partial charge in [-0.15, -0.1) is 11.8 Å². The fourth-order valence-electron chi connectivity index (χ4n) is 1.55. The molecule has 0 aromatic heterocycles. The molecule has 16 heavy (non-hydrogen) atoms. The Morgan fingerprint density at radius 3 is 2.56 bits per heavy atom. The fraction of sp³-hybridized carbons (Fsp3) is 0.0769. The molecule has 0 saturated heterocycles. The van der Waals surface area contributed by atoms with E-state index in [9.17, 15) is 0 Å². The van der Waals surface area contributed by atoms with E-state index in [4.69, 9.17) is 11.6 Å². The lowest BCUT2D eigenvalue weighted by Gasteiger charge is -2.08. The van der Waals surface area contributed by atoms with Crippen LogP contribution in [0, 0.1) is 0 Å². The average Bonchev–Trinajstić information content (AvgIpc) is 2.29. The Morgan fingerprint density at radius 2 is 1.88 bits per heavy atom. The highest BCUT2D eigenvalue weighted by atomic mass is 79.9. The fourth-order valence-corrected chi connectivity index (χ4v) is 3.00. The van der Waals surface area contributed by atoms with Crippen LogP contribution in [0.2, 0.25) is 5.02 Å². The van der Waals surface area contributed by atoms with Gasteiger partial charge in [0.15, 0.2) is 0 Å².